The molecule has 1 heterocycles. The summed E-state index contributed by atoms with van der Waals surface area (Å²) in [6, 6.07) is 12.6. The highest BCUT2D eigenvalue weighted by atomic mass is 16.5. The van der Waals surface area contributed by atoms with Gasteiger partial charge in [0.05, 0.1) is 12.5 Å². The molecule has 1 unspecified atom stereocenters. The van der Waals surface area contributed by atoms with Crippen molar-refractivity contribution in [2.45, 2.75) is 26.3 Å². The van der Waals surface area contributed by atoms with Crippen molar-refractivity contribution < 1.29 is 24.2 Å². The van der Waals surface area contributed by atoms with E-state index in [0.29, 0.717) is 35.5 Å². The second-order valence-electron chi connectivity index (χ2n) is 7.10. The third-order valence-electron chi connectivity index (χ3n) is 4.92. The molecule has 1 saturated heterocycles. The number of ether oxygens (including phenoxy) is 1. The molecule has 2 aromatic rings. The Morgan fingerprint density at radius 2 is 1.83 bits per heavy atom. The summed E-state index contributed by atoms with van der Waals surface area (Å²) in [6.07, 6.45) is 0.202. The molecule has 0 saturated carbocycles. The summed E-state index contributed by atoms with van der Waals surface area (Å²) in [5.74, 6) is -0.849. The molecule has 29 heavy (non-hydrogen) atoms. The minimum atomic E-state index is -1.06. The molecular formula is C22H24N2O5. The second-order valence-corrected chi connectivity index (χ2v) is 7.10. The number of nitrogens with zero attached hydrogens (tertiary/aromatic N) is 1. The van der Waals surface area contributed by atoms with Gasteiger partial charge in [-0.15, -0.1) is 0 Å². The Bertz CT molecular complexity index is 903. The summed E-state index contributed by atoms with van der Waals surface area (Å²) in [5, 5.41) is 11.7. The number of carboxylic acid groups (broad SMARTS) is 1. The highest BCUT2D eigenvalue weighted by Gasteiger charge is 2.30. The van der Waals surface area contributed by atoms with E-state index < -0.39 is 12.6 Å². The van der Waals surface area contributed by atoms with Crippen LogP contribution in [0.2, 0.25) is 0 Å². The van der Waals surface area contributed by atoms with E-state index >= 15 is 0 Å². The molecule has 7 nitrogen and oxygen atoms in total. The maximum absolute atomic E-state index is 13.4. The minimum absolute atomic E-state index is 0.0843. The van der Waals surface area contributed by atoms with Gasteiger partial charge in [-0.25, -0.2) is 4.79 Å². The quantitative estimate of drug-likeness (QED) is 0.809. The maximum atomic E-state index is 13.4. The number of amides is 2. The maximum Gasteiger partial charge on any atom is 0.341 e. The standard InChI is InChI=1S/C22H24N2O5/c1-14-10-17(11-15(2)21(14)29-13-20(26)27)22(28)24-9-8-23-19(25)12-18(24)16-6-4-3-5-7-16/h3-7,10-11,18H,8-9,12-13H2,1-2H3,(H,23,25)(H,26,27). The van der Waals surface area contributed by atoms with Crippen LogP contribution >= 0.6 is 0 Å². The number of aryl methyl sites for hydroxylation is 2. The number of hydrogen-bond acceptors (Lipinski definition) is 4. The molecule has 1 aliphatic rings. The summed E-state index contributed by atoms with van der Waals surface area (Å²) >= 11 is 0. The summed E-state index contributed by atoms with van der Waals surface area (Å²) in [5.41, 5.74) is 2.77. The van der Waals surface area contributed by atoms with Crippen LogP contribution in [0.15, 0.2) is 42.5 Å². The molecule has 0 aliphatic carbocycles. The predicted octanol–water partition coefficient (Wildman–Crippen LogP) is 2.47. The SMILES string of the molecule is Cc1cc(C(=O)N2CCNC(=O)CC2c2ccccc2)cc(C)c1OCC(=O)O. The average molecular weight is 396 g/mol. The normalized spacial score (nSPS) is 16.7. The summed E-state index contributed by atoms with van der Waals surface area (Å²) < 4.78 is 5.35. The molecule has 3 rings (SSSR count). The van der Waals surface area contributed by atoms with E-state index in [9.17, 15) is 14.4 Å². The second kappa shape index (κ2) is 8.77. The number of carbonyl (C=O) groups is 3. The monoisotopic (exact) mass is 396 g/mol. The molecule has 0 spiro atoms. The first-order valence-corrected chi connectivity index (χ1v) is 9.45. The van der Waals surface area contributed by atoms with Gasteiger partial charge in [-0.05, 0) is 42.7 Å². The van der Waals surface area contributed by atoms with Gasteiger partial charge in [0.2, 0.25) is 5.91 Å². The van der Waals surface area contributed by atoms with Gasteiger partial charge in [-0.3, -0.25) is 9.59 Å². The van der Waals surface area contributed by atoms with Gasteiger partial charge in [0, 0.05) is 18.7 Å². The zero-order valence-electron chi connectivity index (χ0n) is 16.5. The Morgan fingerprint density at radius 1 is 1.17 bits per heavy atom. The highest BCUT2D eigenvalue weighted by molar-refractivity contribution is 5.96. The first-order valence-electron chi connectivity index (χ1n) is 9.45. The molecule has 0 bridgehead atoms. The van der Waals surface area contributed by atoms with Gasteiger partial charge >= 0.3 is 5.97 Å². The summed E-state index contributed by atoms with van der Waals surface area (Å²) in [6.45, 7) is 3.92. The number of benzene rings is 2. The third kappa shape index (κ3) is 4.74. The van der Waals surface area contributed by atoms with E-state index in [-0.39, 0.29) is 24.3 Å². The smallest absolute Gasteiger partial charge is 0.341 e. The van der Waals surface area contributed by atoms with Crippen LogP contribution in [0.5, 0.6) is 5.75 Å². The van der Waals surface area contributed by atoms with Gasteiger partial charge in [-0.1, -0.05) is 30.3 Å². The Labute approximate surface area is 169 Å². The van der Waals surface area contributed by atoms with Crippen molar-refractivity contribution in [3.63, 3.8) is 0 Å². The van der Waals surface area contributed by atoms with Crippen molar-refractivity contribution in [1.29, 1.82) is 0 Å². The number of aliphatic carboxylic acids is 1. The zero-order valence-corrected chi connectivity index (χ0v) is 16.5. The highest BCUT2D eigenvalue weighted by Crippen LogP contribution is 2.30. The number of nitrogens with one attached hydrogen (secondary N) is 1. The minimum Gasteiger partial charge on any atom is -0.481 e. The molecule has 1 fully saturated rings. The molecular weight excluding hydrogens is 372 g/mol. The van der Waals surface area contributed by atoms with Crippen LogP contribution in [0.4, 0.5) is 0 Å². The lowest BCUT2D eigenvalue weighted by Gasteiger charge is -2.30. The zero-order chi connectivity index (χ0) is 21.0. The number of rotatable bonds is 5. The van der Waals surface area contributed by atoms with Crippen molar-refractivity contribution in [1.82, 2.24) is 10.2 Å². The van der Waals surface area contributed by atoms with E-state index in [1.807, 2.05) is 30.3 Å². The van der Waals surface area contributed by atoms with E-state index in [0.717, 1.165) is 5.56 Å². The van der Waals surface area contributed by atoms with Crippen LogP contribution in [0.25, 0.3) is 0 Å². The number of carboxylic acids is 1. The first kappa shape index (κ1) is 20.4. The van der Waals surface area contributed by atoms with Crippen molar-refractivity contribution in [3.05, 3.63) is 64.7 Å². The van der Waals surface area contributed by atoms with E-state index in [2.05, 4.69) is 5.32 Å². The van der Waals surface area contributed by atoms with Crippen LogP contribution in [0, 0.1) is 13.8 Å². The molecule has 0 radical (unpaired) electrons. The molecule has 2 amide bonds. The predicted molar refractivity (Wildman–Crippen MR) is 107 cm³/mol. The molecule has 2 aromatic carbocycles. The number of hydrogen-bond donors (Lipinski definition) is 2. The first-order chi connectivity index (χ1) is 13.9. The summed E-state index contributed by atoms with van der Waals surface area (Å²) in [4.78, 5) is 38.0. The molecule has 152 valence electrons. The Kier molecular flexibility index (Phi) is 6.16. The van der Waals surface area contributed by atoms with Crippen LogP contribution in [0.3, 0.4) is 0 Å². The van der Waals surface area contributed by atoms with E-state index in [4.69, 9.17) is 9.84 Å². The van der Waals surface area contributed by atoms with Gasteiger partial charge < -0.3 is 20.1 Å². The van der Waals surface area contributed by atoms with Gasteiger partial charge in [-0.2, -0.15) is 0 Å². The van der Waals surface area contributed by atoms with Gasteiger partial charge in [0.25, 0.3) is 5.91 Å². The van der Waals surface area contributed by atoms with Crippen LogP contribution in [-0.2, 0) is 9.59 Å². The molecule has 2 N–H and O–H groups in total. The van der Waals surface area contributed by atoms with Crippen LogP contribution in [0.1, 0.15) is 39.5 Å². The van der Waals surface area contributed by atoms with Gasteiger partial charge in [0.15, 0.2) is 6.61 Å². The van der Waals surface area contributed by atoms with Gasteiger partial charge in [0.1, 0.15) is 5.75 Å². The Hall–Kier alpha value is -3.35. The van der Waals surface area contributed by atoms with Crippen molar-refractivity contribution in [2.75, 3.05) is 19.7 Å². The Morgan fingerprint density at radius 3 is 2.45 bits per heavy atom. The fourth-order valence-corrected chi connectivity index (χ4v) is 3.65. The third-order valence-corrected chi connectivity index (χ3v) is 4.92. The fraction of sp³-hybridized carbons (Fsp3) is 0.318. The average Bonchev–Trinajstić information content (AvgIpc) is 2.88. The molecule has 0 aromatic heterocycles. The van der Waals surface area contributed by atoms with Crippen molar-refractivity contribution in [2.24, 2.45) is 0 Å². The van der Waals surface area contributed by atoms with Crippen LogP contribution < -0.4 is 10.1 Å². The fourth-order valence-electron chi connectivity index (χ4n) is 3.65. The molecule has 7 heteroatoms. The molecule has 1 atom stereocenters. The largest absolute Gasteiger partial charge is 0.481 e. The summed E-state index contributed by atoms with van der Waals surface area (Å²) in [7, 11) is 0. The lowest BCUT2D eigenvalue weighted by Crippen LogP contribution is -2.36. The van der Waals surface area contributed by atoms with Crippen molar-refractivity contribution in [3.8, 4) is 5.75 Å². The van der Waals surface area contributed by atoms with Crippen molar-refractivity contribution >= 4 is 17.8 Å². The van der Waals surface area contributed by atoms with E-state index in [1.165, 1.54) is 0 Å². The lowest BCUT2D eigenvalue weighted by molar-refractivity contribution is -0.139. The topological polar surface area (TPSA) is 95.9 Å². The van der Waals surface area contributed by atoms with Crippen LogP contribution in [-0.4, -0.2) is 47.5 Å². The van der Waals surface area contributed by atoms with E-state index in [1.54, 1.807) is 30.9 Å². The number of carbonyl (C=O) groups excluding carboxylic acids is 2. The lowest BCUT2D eigenvalue weighted by atomic mass is 9.99. The molecule has 1 aliphatic heterocycles. The Balaban J connectivity index is 1.92.